The summed E-state index contributed by atoms with van der Waals surface area (Å²) in [7, 11) is -3.81. The van der Waals surface area contributed by atoms with Gasteiger partial charge in [-0.2, -0.15) is 0 Å². The first-order chi connectivity index (χ1) is 13.1. The van der Waals surface area contributed by atoms with Crippen LogP contribution in [0.15, 0.2) is 55.1 Å². The average Bonchev–Trinajstić information content (AvgIpc) is 2.63. The largest absolute Gasteiger partial charge is 0.490 e. The van der Waals surface area contributed by atoms with E-state index in [0.29, 0.717) is 23.1 Å². The van der Waals surface area contributed by atoms with Crippen LogP contribution in [0.5, 0.6) is 5.75 Å². The molecule has 0 saturated carbocycles. The van der Waals surface area contributed by atoms with Crippen molar-refractivity contribution in [3.8, 4) is 5.75 Å². The molecule has 2 rings (SSSR count). The molecule has 0 bridgehead atoms. The molecule has 2 aromatic carbocycles. The Labute approximate surface area is 174 Å². The van der Waals surface area contributed by atoms with Crippen molar-refractivity contribution < 1.29 is 17.9 Å². The number of sulfonamides is 1. The molecule has 6 nitrogen and oxygen atoms in total. The molecule has 0 aliphatic carbocycles. The van der Waals surface area contributed by atoms with Crippen molar-refractivity contribution in [1.82, 2.24) is 0 Å². The lowest BCUT2D eigenvalue weighted by molar-refractivity contribution is -0.116. The lowest BCUT2D eigenvalue weighted by Crippen LogP contribution is -2.45. The highest BCUT2D eigenvalue weighted by Gasteiger charge is 2.30. The van der Waals surface area contributed by atoms with E-state index in [2.05, 4.69) is 11.9 Å². The summed E-state index contributed by atoms with van der Waals surface area (Å²) in [6.07, 6.45) is 2.62. The number of ether oxygens (including phenoxy) is 1. The molecule has 1 atom stereocenters. The molecule has 0 unspecified atom stereocenters. The zero-order chi connectivity index (χ0) is 20.9. The summed E-state index contributed by atoms with van der Waals surface area (Å²) in [6, 6.07) is 10.0. The van der Waals surface area contributed by atoms with Crippen molar-refractivity contribution in [3.05, 3.63) is 65.2 Å². The smallest absolute Gasteiger partial charge is 0.247 e. The zero-order valence-corrected chi connectivity index (χ0v) is 17.7. The quantitative estimate of drug-likeness (QED) is 0.616. The minimum absolute atomic E-state index is 0.132. The van der Waals surface area contributed by atoms with Gasteiger partial charge in [0.25, 0.3) is 0 Å². The molecule has 0 fully saturated rings. The summed E-state index contributed by atoms with van der Waals surface area (Å²) >= 11 is 12.1. The van der Waals surface area contributed by atoms with Crippen LogP contribution in [-0.4, -0.2) is 33.2 Å². The Bertz CT molecular complexity index is 962. The summed E-state index contributed by atoms with van der Waals surface area (Å²) in [5.74, 6) is 0.0932. The summed E-state index contributed by atoms with van der Waals surface area (Å²) in [6.45, 7) is 5.41. The monoisotopic (exact) mass is 442 g/mol. The number of amides is 1. The molecule has 0 heterocycles. The van der Waals surface area contributed by atoms with Crippen LogP contribution in [0.4, 0.5) is 11.4 Å². The fraction of sp³-hybridized carbons (Fsp3) is 0.211. The molecule has 1 amide bonds. The third-order valence-electron chi connectivity index (χ3n) is 3.72. The van der Waals surface area contributed by atoms with Crippen LogP contribution < -0.4 is 14.4 Å². The maximum absolute atomic E-state index is 12.7. The van der Waals surface area contributed by atoms with E-state index in [0.717, 1.165) is 10.6 Å². The van der Waals surface area contributed by atoms with Gasteiger partial charge in [-0.05, 0) is 49.4 Å². The van der Waals surface area contributed by atoms with Crippen LogP contribution in [0, 0.1) is 0 Å². The standard InChI is InChI=1S/C19H20Cl2N2O4S/c1-4-11-27-16-8-6-15(7-9-16)22-19(24)13(2)23(28(3,25)26)18-12-14(20)5-10-17(18)21/h4-10,12-13H,1,11H2,2-3H3,(H,22,24)/t13-/m1/s1. The number of benzene rings is 2. The van der Waals surface area contributed by atoms with E-state index in [9.17, 15) is 13.2 Å². The van der Waals surface area contributed by atoms with Gasteiger partial charge in [-0.3, -0.25) is 9.10 Å². The second-order valence-corrected chi connectivity index (χ2v) is 8.65. The molecule has 150 valence electrons. The van der Waals surface area contributed by atoms with Crippen molar-refractivity contribution in [2.45, 2.75) is 13.0 Å². The van der Waals surface area contributed by atoms with Gasteiger partial charge in [0.05, 0.1) is 17.0 Å². The SMILES string of the molecule is C=CCOc1ccc(NC(=O)[C@@H](C)N(c2cc(Cl)ccc2Cl)S(C)(=O)=O)cc1. The predicted molar refractivity (Wildman–Crippen MR) is 114 cm³/mol. The first-order valence-corrected chi connectivity index (χ1v) is 10.8. The van der Waals surface area contributed by atoms with Crippen molar-refractivity contribution in [2.75, 3.05) is 22.5 Å². The van der Waals surface area contributed by atoms with Gasteiger partial charge in [0.1, 0.15) is 18.4 Å². The number of hydrogen-bond acceptors (Lipinski definition) is 4. The first-order valence-electron chi connectivity index (χ1n) is 8.22. The minimum Gasteiger partial charge on any atom is -0.490 e. The second-order valence-electron chi connectivity index (χ2n) is 5.94. The van der Waals surface area contributed by atoms with Crippen LogP contribution in [-0.2, 0) is 14.8 Å². The number of rotatable bonds is 8. The third-order valence-corrected chi connectivity index (χ3v) is 5.51. The molecule has 0 aliphatic rings. The number of nitrogens with zero attached hydrogens (tertiary/aromatic N) is 1. The summed E-state index contributed by atoms with van der Waals surface area (Å²) in [5, 5.41) is 3.15. The van der Waals surface area contributed by atoms with Crippen LogP contribution in [0.25, 0.3) is 0 Å². The predicted octanol–water partition coefficient (Wildman–Crippen LogP) is 4.35. The van der Waals surface area contributed by atoms with Crippen molar-refractivity contribution in [2.24, 2.45) is 0 Å². The highest BCUT2D eigenvalue weighted by Crippen LogP contribution is 2.32. The molecule has 0 saturated heterocycles. The number of hydrogen-bond donors (Lipinski definition) is 1. The van der Waals surface area contributed by atoms with Gasteiger partial charge >= 0.3 is 0 Å². The zero-order valence-electron chi connectivity index (χ0n) is 15.4. The fourth-order valence-electron chi connectivity index (χ4n) is 2.47. The van der Waals surface area contributed by atoms with E-state index in [1.165, 1.54) is 25.1 Å². The molecule has 0 aliphatic heterocycles. The molecular formula is C19H20Cl2N2O4S. The van der Waals surface area contributed by atoms with Gasteiger partial charge in [0.2, 0.25) is 15.9 Å². The Hall–Kier alpha value is -2.22. The average molecular weight is 443 g/mol. The highest BCUT2D eigenvalue weighted by atomic mass is 35.5. The van der Waals surface area contributed by atoms with Gasteiger partial charge in [-0.15, -0.1) is 0 Å². The van der Waals surface area contributed by atoms with E-state index in [4.69, 9.17) is 27.9 Å². The highest BCUT2D eigenvalue weighted by molar-refractivity contribution is 7.92. The van der Waals surface area contributed by atoms with E-state index in [-0.39, 0.29) is 10.7 Å². The van der Waals surface area contributed by atoms with Gasteiger partial charge < -0.3 is 10.1 Å². The number of carbonyl (C=O) groups is 1. The van der Waals surface area contributed by atoms with Gasteiger partial charge in [-0.25, -0.2) is 8.42 Å². The molecule has 0 aromatic heterocycles. The third kappa shape index (κ3) is 5.64. The van der Waals surface area contributed by atoms with E-state index in [1.807, 2.05) is 0 Å². The lowest BCUT2D eigenvalue weighted by Gasteiger charge is -2.29. The topological polar surface area (TPSA) is 75.7 Å². The Balaban J connectivity index is 2.24. The van der Waals surface area contributed by atoms with Crippen LogP contribution >= 0.6 is 23.2 Å². The molecule has 9 heteroatoms. The Morgan fingerprint density at radius 2 is 1.89 bits per heavy atom. The molecule has 0 radical (unpaired) electrons. The maximum atomic E-state index is 12.7. The second kappa shape index (κ2) is 9.32. The fourth-order valence-corrected chi connectivity index (χ4v) is 4.08. The summed E-state index contributed by atoms with van der Waals surface area (Å²) in [4.78, 5) is 12.7. The van der Waals surface area contributed by atoms with Crippen molar-refractivity contribution in [1.29, 1.82) is 0 Å². The molecule has 0 spiro atoms. The number of halogens is 2. The normalized spacial score (nSPS) is 12.1. The van der Waals surface area contributed by atoms with Gasteiger partial charge in [0, 0.05) is 10.7 Å². The van der Waals surface area contributed by atoms with Gasteiger partial charge in [0.15, 0.2) is 0 Å². The number of carbonyl (C=O) groups excluding carboxylic acids is 1. The summed E-state index contributed by atoms with van der Waals surface area (Å²) in [5.41, 5.74) is 0.626. The lowest BCUT2D eigenvalue weighted by atomic mass is 10.2. The summed E-state index contributed by atoms with van der Waals surface area (Å²) < 4.78 is 31.0. The van der Waals surface area contributed by atoms with Crippen molar-refractivity contribution in [3.63, 3.8) is 0 Å². The van der Waals surface area contributed by atoms with Crippen molar-refractivity contribution >= 4 is 50.5 Å². The van der Waals surface area contributed by atoms with E-state index in [1.54, 1.807) is 30.3 Å². The van der Waals surface area contributed by atoms with E-state index < -0.39 is 22.0 Å². The molecule has 2 aromatic rings. The minimum atomic E-state index is -3.81. The Kier molecular flexibility index (Phi) is 7.35. The maximum Gasteiger partial charge on any atom is 0.247 e. The van der Waals surface area contributed by atoms with Crippen LogP contribution in [0.2, 0.25) is 10.0 Å². The Morgan fingerprint density at radius 3 is 2.46 bits per heavy atom. The van der Waals surface area contributed by atoms with Crippen LogP contribution in [0.3, 0.4) is 0 Å². The molecule has 28 heavy (non-hydrogen) atoms. The number of nitrogens with one attached hydrogen (secondary N) is 1. The first kappa shape index (κ1) is 22.1. The molecular weight excluding hydrogens is 423 g/mol. The van der Waals surface area contributed by atoms with Crippen LogP contribution in [0.1, 0.15) is 6.92 Å². The van der Waals surface area contributed by atoms with Gasteiger partial charge in [-0.1, -0.05) is 35.9 Å². The van der Waals surface area contributed by atoms with E-state index >= 15 is 0 Å². The number of anilines is 2. The Morgan fingerprint density at radius 1 is 1.25 bits per heavy atom. The molecule has 1 N–H and O–H groups in total.